The average Bonchev–Trinajstić information content (AvgIpc) is 3.48. The lowest BCUT2D eigenvalue weighted by molar-refractivity contribution is 0.00622. The number of rotatable bonds is 4. The Labute approximate surface area is 196 Å². The first kappa shape index (κ1) is 21.0. The molecule has 0 radical (unpaired) electrons. The van der Waals surface area contributed by atoms with E-state index in [0.717, 1.165) is 48.2 Å². The van der Waals surface area contributed by atoms with Crippen LogP contribution < -0.4 is 0 Å². The van der Waals surface area contributed by atoms with Crippen LogP contribution in [0.3, 0.4) is 0 Å². The molecule has 4 aromatic rings. The highest BCUT2D eigenvalue weighted by atomic mass is 19.1. The predicted octanol–water partition coefficient (Wildman–Crippen LogP) is 3.51. The van der Waals surface area contributed by atoms with Crippen LogP contribution in [0, 0.1) is 5.82 Å². The first-order valence-corrected chi connectivity index (χ1v) is 11.7. The van der Waals surface area contributed by atoms with Crippen LogP contribution in [0.25, 0.3) is 22.3 Å². The van der Waals surface area contributed by atoms with E-state index in [0.29, 0.717) is 24.2 Å². The summed E-state index contributed by atoms with van der Waals surface area (Å²) in [5.74, 6) is -0.462. The second-order valence-corrected chi connectivity index (χ2v) is 9.32. The van der Waals surface area contributed by atoms with Crippen molar-refractivity contribution >= 4 is 16.9 Å². The molecule has 5 heterocycles. The number of hydrogen-bond donors (Lipinski definition) is 1. The molecule has 2 atom stereocenters. The van der Waals surface area contributed by atoms with Crippen LogP contribution in [0.15, 0.2) is 55.2 Å². The van der Waals surface area contributed by atoms with Crippen molar-refractivity contribution in [2.75, 3.05) is 19.6 Å². The Morgan fingerprint density at radius 1 is 1.18 bits per heavy atom. The number of halogens is 1. The topological polar surface area (TPSA) is 82.9 Å². The first-order chi connectivity index (χ1) is 16.6. The largest absolute Gasteiger partial charge is 0.346 e. The van der Waals surface area contributed by atoms with E-state index in [2.05, 4.69) is 38.1 Å². The second-order valence-electron chi connectivity index (χ2n) is 9.32. The summed E-state index contributed by atoms with van der Waals surface area (Å²) in [6, 6.07) is 8.84. The number of H-pyrrole nitrogens is 1. The fourth-order valence-electron chi connectivity index (χ4n) is 5.28. The second kappa shape index (κ2) is 8.32. The molecule has 0 spiro atoms. The van der Waals surface area contributed by atoms with Crippen LogP contribution in [-0.2, 0) is 0 Å². The van der Waals surface area contributed by atoms with Crippen molar-refractivity contribution < 1.29 is 9.18 Å². The predicted molar refractivity (Wildman–Crippen MR) is 126 cm³/mol. The van der Waals surface area contributed by atoms with Crippen molar-refractivity contribution in [2.24, 2.45) is 0 Å². The molecule has 174 valence electrons. The van der Waals surface area contributed by atoms with E-state index in [-0.39, 0.29) is 17.8 Å². The summed E-state index contributed by atoms with van der Waals surface area (Å²) in [6.07, 6.45) is 9.23. The van der Waals surface area contributed by atoms with Gasteiger partial charge in [0.15, 0.2) is 0 Å². The Morgan fingerprint density at radius 3 is 2.88 bits per heavy atom. The Kier molecular flexibility index (Phi) is 5.13. The lowest BCUT2D eigenvalue weighted by Gasteiger charge is -2.48. The smallest absolute Gasteiger partial charge is 0.254 e. The van der Waals surface area contributed by atoms with Crippen LogP contribution in [0.1, 0.15) is 36.2 Å². The molecule has 2 aliphatic heterocycles. The van der Waals surface area contributed by atoms with Gasteiger partial charge in [-0.05, 0) is 44.0 Å². The van der Waals surface area contributed by atoms with Crippen molar-refractivity contribution in [1.29, 1.82) is 0 Å². The van der Waals surface area contributed by atoms with Crippen molar-refractivity contribution in [3.63, 3.8) is 0 Å². The highest BCUT2D eigenvalue weighted by Crippen LogP contribution is 2.32. The molecular weight excluding hydrogens is 433 g/mol. The standard InChI is InChI=1S/C25H26FN7O/c1-16-9-20(6-8-32(16)25(34)17-3-2-4-19(26)10-17)31-13-21(14-31)33-12-18(11-30-33)23-22-5-7-27-24(22)29-15-28-23/h2-5,7,10-12,15-16,20-21H,6,8-9,13-14H2,1H3,(H,27,28,29). The quantitative estimate of drug-likeness (QED) is 0.505. The number of carbonyl (C=O) groups excluding carboxylic acids is 1. The third kappa shape index (κ3) is 3.66. The molecule has 8 nitrogen and oxygen atoms in total. The molecule has 2 fully saturated rings. The Balaban J connectivity index is 1.07. The van der Waals surface area contributed by atoms with Gasteiger partial charge in [0.05, 0.1) is 17.9 Å². The molecule has 34 heavy (non-hydrogen) atoms. The lowest BCUT2D eigenvalue weighted by Crippen LogP contribution is -2.58. The minimum absolute atomic E-state index is 0.0859. The monoisotopic (exact) mass is 459 g/mol. The van der Waals surface area contributed by atoms with Gasteiger partial charge in [0.2, 0.25) is 0 Å². The van der Waals surface area contributed by atoms with E-state index in [1.54, 1.807) is 18.5 Å². The van der Waals surface area contributed by atoms with Crippen molar-refractivity contribution in [2.45, 2.75) is 37.9 Å². The van der Waals surface area contributed by atoms with E-state index in [1.165, 1.54) is 12.1 Å². The Hall–Kier alpha value is -3.59. The molecular formula is C25H26FN7O. The van der Waals surface area contributed by atoms with E-state index < -0.39 is 0 Å². The molecule has 9 heteroatoms. The van der Waals surface area contributed by atoms with Gasteiger partial charge in [0.25, 0.3) is 5.91 Å². The van der Waals surface area contributed by atoms with Crippen molar-refractivity contribution in [1.82, 2.24) is 34.5 Å². The van der Waals surface area contributed by atoms with E-state index >= 15 is 0 Å². The van der Waals surface area contributed by atoms with E-state index in [1.807, 2.05) is 28.0 Å². The number of likely N-dealkylation sites (tertiary alicyclic amines) is 2. The van der Waals surface area contributed by atoms with Crippen LogP contribution in [0.5, 0.6) is 0 Å². The van der Waals surface area contributed by atoms with Crippen LogP contribution in [0.2, 0.25) is 0 Å². The number of aromatic nitrogens is 5. The zero-order valence-corrected chi connectivity index (χ0v) is 18.9. The number of carbonyl (C=O) groups is 1. The number of nitrogens with one attached hydrogen (secondary N) is 1. The molecule has 1 aromatic carbocycles. The van der Waals surface area contributed by atoms with Crippen molar-refractivity contribution in [3.05, 3.63) is 66.6 Å². The maximum absolute atomic E-state index is 13.5. The molecule has 0 aliphatic carbocycles. The molecule has 6 rings (SSSR count). The van der Waals surface area contributed by atoms with Crippen LogP contribution >= 0.6 is 0 Å². The number of hydrogen-bond acceptors (Lipinski definition) is 5. The van der Waals surface area contributed by atoms with Gasteiger partial charge in [-0.15, -0.1) is 0 Å². The zero-order valence-electron chi connectivity index (χ0n) is 18.9. The summed E-state index contributed by atoms with van der Waals surface area (Å²) >= 11 is 0. The summed E-state index contributed by atoms with van der Waals surface area (Å²) < 4.78 is 15.6. The molecule has 3 aromatic heterocycles. The number of nitrogens with zero attached hydrogens (tertiary/aromatic N) is 6. The van der Waals surface area contributed by atoms with Crippen LogP contribution in [0.4, 0.5) is 4.39 Å². The summed E-state index contributed by atoms with van der Waals surface area (Å²) in [5, 5.41) is 5.60. The third-order valence-electron chi connectivity index (χ3n) is 7.19. The third-order valence-corrected chi connectivity index (χ3v) is 7.19. The lowest BCUT2D eigenvalue weighted by atomic mass is 9.92. The summed E-state index contributed by atoms with van der Waals surface area (Å²) in [5.41, 5.74) is 3.12. The molecule has 2 unspecified atom stereocenters. The van der Waals surface area contributed by atoms with Gasteiger partial charge < -0.3 is 9.88 Å². The summed E-state index contributed by atoms with van der Waals surface area (Å²) in [4.78, 5) is 29.1. The minimum Gasteiger partial charge on any atom is -0.346 e. The fourth-order valence-corrected chi connectivity index (χ4v) is 5.28. The first-order valence-electron chi connectivity index (χ1n) is 11.7. The maximum atomic E-state index is 13.5. The SMILES string of the molecule is CC1CC(N2CC(n3cc(-c4ncnc5[nH]ccc45)cn3)C2)CCN1C(=O)c1cccc(F)c1. The van der Waals surface area contributed by atoms with Gasteiger partial charge in [-0.3, -0.25) is 14.4 Å². The zero-order chi connectivity index (χ0) is 23.2. The summed E-state index contributed by atoms with van der Waals surface area (Å²) in [7, 11) is 0. The van der Waals surface area contributed by atoms with Crippen molar-refractivity contribution in [3.8, 4) is 11.3 Å². The minimum atomic E-state index is -0.376. The van der Waals surface area contributed by atoms with Gasteiger partial charge in [-0.25, -0.2) is 14.4 Å². The normalized spacial score (nSPS) is 21.6. The molecule has 2 saturated heterocycles. The van der Waals surface area contributed by atoms with Gasteiger partial charge >= 0.3 is 0 Å². The highest BCUT2D eigenvalue weighted by molar-refractivity contribution is 5.94. The van der Waals surface area contributed by atoms with Gasteiger partial charge in [0.1, 0.15) is 17.8 Å². The van der Waals surface area contributed by atoms with Gasteiger partial charge in [-0.2, -0.15) is 5.10 Å². The maximum Gasteiger partial charge on any atom is 0.254 e. The van der Waals surface area contributed by atoms with E-state index in [9.17, 15) is 9.18 Å². The Morgan fingerprint density at radius 2 is 2.06 bits per heavy atom. The van der Waals surface area contributed by atoms with Gasteiger partial charge in [0, 0.05) is 60.6 Å². The number of aromatic amines is 1. The molecule has 2 aliphatic rings. The Bertz CT molecular complexity index is 1340. The average molecular weight is 460 g/mol. The fraction of sp³-hybridized carbons (Fsp3) is 0.360. The number of piperidine rings is 1. The highest BCUT2D eigenvalue weighted by Gasteiger charge is 2.38. The molecule has 1 N–H and O–H groups in total. The number of fused-ring (bicyclic) bond motifs is 1. The number of amides is 1. The molecule has 0 bridgehead atoms. The van der Waals surface area contributed by atoms with Gasteiger partial charge in [-0.1, -0.05) is 6.07 Å². The molecule has 1 amide bonds. The summed E-state index contributed by atoms with van der Waals surface area (Å²) in [6.45, 7) is 4.66. The molecule has 0 saturated carbocycles. The van der Waals surface area contributed by atoms with E-state index in [4.69, 9.17) is 0 Å². The number of benzene rings is 1. The van der Waals surface area contributed by atoms with Crippen LogP contribution in [-0.4, -0.2) is 72.2 Å².